The summed E-state index contributed by atoms with van der Waals surface area (Å²) in [4.78, 5) is 18.2. The van der Waals surface area contributed by atoms with Crippen LogP contribution in [0.1, 0.15) is 123 Å². The molecule has 1 aliphatic rings. The van der Waals surface area contributed by atoms with Crippen molar-refractivity contribution < 1.29 is 4.79 Å². The lowest BCUT2D eigenvalue weighted by atomic mass is 9.70. The molecular formula is C36H45NO. The summed E-state index contributed by atoms with van der Waals surface area (Å²) in [6, 6.07) is 21.4. The van der Waals surface area contributed by atoms with Gasteiger partial charge in [0.15, 0.2) is 5.78 Å². The minimum absolute atomic E-state index is 0.0573. The minimum atomic E-state index is -0.0573. The average molecular weight is 508 g/mol. The van der Waals surface area contributed by atoms with Crippen LogP contribution in [0.4, 0.5) is 0 Å². The Morgan fingerprint density at radius 3 is 1.84 bits per heavy atom. The van der Waals surface area contributed by atoms with E-state index in [4.69, 9.17) is 0 Å². The van der Waals surface area contributed by atoms with E-state index in [1.165, 1.54) is 79.2 Å². The first-order chi connectivity index (χ1) is 18.5. The summed E-state index contributed by atoms with van der Waals surface area (Å²) in [5.41, 5.74) is 10.3. The van der Waals surface area contributed by atoms with Gasteiger partial charge in [0.1, 0.15) is 0 Å². The van der Waals surface area contributed by atoms with E-state index in [-0.39, 0.29) is 11.2 Å². The molecule has 2 nitrogen and oxygen atoms in total. The first-order valence-electron chi connectivity index (χ1n) is 14.8. The fraction of sp³-hybridized carbons (Fsp3) is 0.444. The molecule has 38 heavy (non-hydrogen) atoms. The maximum absolute atomic E-state index is 13.7. The molecule has 0 radical (unpaired) electrons. The predicted molar refractivity (Wildman–Crippen MR) is 163 cm³/mol. The highest BCUT2D eigenvalue weighted by Gasteiger charge is 2.42. The Hall–Kier alpha value is -3.00. The lowest BCUT2D eigenvalue weighted by molar-refractivity contribution is 0.103. The fourth-order valence-corrected chi connectivity index (χ4v) is 6.34. The minimum Gasteiger partial charge on any atom is -0.293 e. The quantitative estimate of drug-likeness (QED) is 0.129. The summed E-state index contributed by atoms with van der Waals surface area (Å²) in [5, 5.41) is 0. The number of nitrogens with zero attached hydrogens (tertiary/aromatic N) is 1. The third kappa shape index (κ3) is 5.55. The van der Waals surface area contributed by atoms with Gasteiger partial charge in [-0.25, -0.2) is 0 Å². The van der Waals surface area contributed by atoms with Crippen LogP contribution in [-0.4, -0.2) is 18.5 Å². The van der Waals surface area contributed by atoms with Crippen molar-refractivity contribution in [3.05, 3.63) is 94.0 Å². The van der Waals surface area contributed by atoms with Gasteiger partial charge in [0, 0.05) is 29.3 Å². The number of aliphatic imine (C=N–C) groups is 1. The van der Waals surface area contributed by atoms with Gasteiger partial charge in [0.25, 0.3) is 0 Å². The van der Waals surface area contributed by atoms with E-state index in [1.807, 2.05) is 44.3 Å². The van der Waals surface area contributed by atoms with E-state index in [0.29, 0.717) is 0 Å². The molecule has 0 aromatic heterocycles. The zero-order valence-electron chi connectivity index (χ0n) is 24.2. The summed E-state index contributed by atoms with van der Waals surface area (Å²) in [6.45, 7) is 8.70. The molecule has 0 saturated carbocycles. The maximum atomic E-state index is 13.7. The Balaban J connectivity index is 1.86. The average Bonchev–Trinajstić information content (AvgIpc) is 3.21. The van der Waals surface area contributed by atoms with Crippen molar-refractivity contribution in [3.8, 4) is 11.1 Å². The number of ketones is 1. The van der Waals surface area contributed by atoms with Crippen molar-refractivity contribution in [1.82, 2.24) is 0 Å². The molecule has 0 N–H and O–H groups in total. The van der Waals surface area contributed by atoms with Crippen molar-refractivity contribution >= 4 is 11.5 Å². The van der Waals surface area contributed by atoms with Gasteiger partial charge in [-0.15, -0.1) is 0 Å². The number of aryl methyl sites for hydroxylation is 1. The first kappa shape index (κ1) is 28.0. The number of hydrogen-bond acceptors (Lipinski definition) is 2. The van der Waals surface area contributed by atoms with Crippen LogP contribution < -0.4 is 0 Å². The maximum Gasteiger partial charge on any atom is 0.193 e. The number of benzene rings is 3. The molecule has 0 heterocycles. The molecule has 0 bridgehead atoms. The third-order valence-corrected chi connectivity index (χ3v) is 8.68. The molecule has 4 rings (SSSR count). The molecule has 1 aliphatic carbocycles. The van der Waals surface area contributed by atoms with Crippen LogP contribution in [0.25, 0.3) is 11.1 Å². The summed E-state index contributed by atoms with van der Waals surface area (Å²) in [5.74, 6) is 0.127. The summed E-state index contributed by atoms with van der Waals surface area (Å²) >= 11 is 0. The van der Waals surface area contributed by atoms with Gasteiger partial charge in [0.2, 0.25) is 0 Å². The van der Waals surface area contributed by atoms with Crippen LogP contribution in [-0.2, 0) is 5.41 Å². The van der Waals surface area contributed by atoms with E-state index < -0.39 is 0 Å². The predicted octanol–water partition coefficient (Wildman–Crippen LogP) is 9.87. The van der Waals surface area contributed by atoms with Crippen LogP contribution in [0.3, 0.4) is 0 Å². The van der Waals surface area contributed by atoms with E-state index in [1.54, 1.807) is 0 Å². The van der Waals surface area contributed by atoms with Crippen LogP contribution in [0.15, 0.2) is 65.7 Å². The molecule has 200 valence electrons. The highest BCUT2D eigenvalue weighted by atomic mass is 16.1. The molecule has 0 aliphatic heterocycles. The Labute approximate surface area is 230 Å². The van der Waals surface area contributed by atoms with Crippen molar-refractivity contribution in [3.63, 3.8) is 0 Å². The second-order valence-electron chi connectivity index (χ2n) is 11.2. The van der Waals surface area contributed by atoms with Crippen molar-refractivity contribution in [2.24, 2.45) is 4.99 Å². The van der Waals surface area contributed by atoms with Gasteiger partial charge in [-0.1, -0.05) is 114 Å². The van der Waals surface area contributed by atoms with E-state index in [2.05, 4.69) is 56.1 Å². The molecular weight excluding hydrogens is 462 g/mol. The standard InChI is InChI=1S/C36H45NO/c1-6-8-10-14-22-36(23-15-11-9-7-2)33-24-28(27(4)37-5)18-20-31(33)32-21-19-29(25-34(32)36)35(38)30-17-13-12-16-26(30)3/h12-13,16-21,24-25H,6-11,14-15,22-23H2,1-5H3. The number of carbonyl (C=O) groups is 1. The Kier molecular flexibility index (Phi) is 9.36. The molecule has 0 saturated heterocycles. The van der Waals surface area contributed by atoms with Gasteiger partial charge in [0.05, 0.1) is 0 Å². The molecule has 0 atom stereocenters. The number of fused-ring (bicyclic) bond motifs is 3. The number of unbranched alkanes of at least 4 members (excludes halogenated alkanes) is 6. The number of rotatable bonds is 13. The Bertz CT molecular complexity index is 1290. The molecule has 0 spiro atoms. The Morgan fingerprint density at radius 2 is 1.29 bits per heavy atom. The Morgan fingerprint density at radius 1 is 0.737 bits per heavy atom. The van der Waals surface area contributed by atoms with Gasteiger partial charge >= 0.3 is 0 Å². The molecule has 0 unspecified atom stereocenters. The smallest absolute Gasteiger partial charge is 0.193 e. The number of hydrogen-bond donors (Lipinski definition) is 0. The molecule has 3 aromatic carbocycles. The van der Waals surface area contributed by atoms with Crippen molar-refractivity contribution in [2.45, 2.75) is 97.3 Å². The fourth-order valence-electron chi connectivity index (χ4n) is 6.34. The van der Waals surface area contributed by atoms with Crippen LogP contribution in [0, 0.1) is 6.92 Å². The zero-order chi connectivity index (χ0) is 27.1. The van der Waals surface area contributed by atoms with Crippen LogP contribution in [0.2, 0.25) is 0 Å². The zero-order valence-corrected chi connectivity index (χ0v) is 24.2. The van der Waals surface area contributed by atoms with E-state index >= 15 is 0 Å². The lowest BCUT2D eigenvalue weighted by Crippen LogP contribution is -2.26. The summed E-state index contributed by atoms with van der Waals surface area (Å²) in [7, 11) is 1.88. The van der Waals surface area contributed by atoms with Gasteiger partial charge in [-0.3, -0.25) is 9.79 Å². The van der Waals surface area contributed by atoms with Gasteiger partial charge in [-0.2, -0.15) is 0 Å². The lowest BCUT2D eigenvalue weighted by Gasteiger charge is -2.33. The molecule has 3 aromatic rings. The van der Waals surface area contributed by atoms with Gasteiger partial charge in [-0.05, 0) is 72.2 Å². The van der Waals surface area contributed by atoms with Crippen molar-refractivity contribution in [1.29, 1.82) is 0 Å². The highest BCUT2D eigenvalue weighted by molar-refractivity contribution is 6.10. The normalized spacial score (nSPS) is 13.9. The SMILES string of the molecule is CCCCCCC1(CCCCCC)c2cc(C(=O)c3ccccc3C)ccc2-c2ccc(C(C)=NC)cc21. The molecule has 2 heteroatoms. The largest absolute Gasteiger partial charge is 0.293 e. The van der Waals surface area contributed by atoms with Crippen LogP contribution in [0.5, 0.6) is 0 Å². The molecule has 0 fully saturated rings. The summed E-state index contributed by atoms with van der Waals surface area (Å²) in [6.07, 6.45) is 12.2. The van der Waals surface area contributed by atoms with E-state index in [9.17, 15) is 4.79 Å². The van der Waals surface area contributed by atoms with Crippen LogP contribution >= 0.6 is 0 Å². The van der Waals surface area contributed by atoms with Crippen molar-refractivity contribution in [2.75, 3.05) is 7.05 Å². The molecule has 0 amide bonds. The third-order valence-electron chi connectivity index (χ3n) is 8.68. The number of carbonyl (C=O) groups excluding carboxylic acids is 1. The second kappa shape index (κ2) is 12.7. The second-order valence-corrected chi connectivity index (χ2v) is 11.2. The highest BCUT2D eigenvalue weighted by Crippen LogP contribution is 2.54. The first-order valence-corrected chi connectivity index (χ1v) is 14.8. The van der Waals surface area contributed by atoms with E-state index in [0.717, 1.165) is 35.2 Å². The monoisotopic (exact) mass is 507 g/mol. The topological polar surface area (TPSA) is 29.4 Å². The van der Waals surface area contributed by atoms with Gasteiger partial charge < -0.3 is 0 Å². The summed E-state index contributed by atoms with van der Waals surface area (Å²) < 4.78 is 0.